The van der Waals surface area contributed by atoms with Gasteiger partial charge >= 0.3 is 12.2 Å². The number of ether oxygens (including phenoxy) is 2. The molecule has 0 aromatic heterocycles. The van der Waals surface area contributed by atoms with Gasteiger partial charge in [0.2, 0.25) is 11.9 Å². The Morgan fingerprint density at radius 1 is 0.738 bits per heavy atom. The molecule has 0 aromatic rings. The molecule has 0 radical (unpaired) electrons. The Hall–Kier alpha value is -2.44. The van der Waals surface area contributed by atoms with E-state index in [2.05, 4.69) is 17.6 Å². The summed E-state index contributed by atoms with van der Waals surface area (Å²) >= 11 is 0. The van der Waals surface area contributed by atoms with Crippen molar-refractivity contribution >= 4 is 24.1 Å². The van der Waals surface area contributed by atoms with E-state index < -0.39 is 46.6 Å². The van der Waals surface area contributed by atoms with Crippen LogP contribution < -0.4 is 10.6 Å². The second kappa shape index (κ2) is 17.0. The molecule has 3 N–H and O–H groups in total. The number of guanidine groups is 1. The number of hydrogen-bond acceptors (Lipinski definition) is 9. The quantitative estimate of drug-likeness (QED) is 0.0967. The van der Waals surface area contributed by atoms with Crippen LogP contribution in [0.2, 0.25) is 0 Å². The van der Waals surface area contributed by atoms with Crippen LogP contribution in [0.1, 0.15) is 129 Å². The molecule has 42 heavy (non-hydrogen) atoms. The van der Waals surface area contributed by atoms with Crippen LogP contribution in [0.3, 0.4) is 0 Å². The topological polar surface area (TPSA) is 143 Å². The van der Waals surface area contributed by atoms with E-state index in [0.717, 1.165) is 30.6 Å². The standard InChI is InChI=1S/C30H59N5O7/c1-14-15-16-17-20-32-23(36)22(35(41-29(8,9)10)42-30(11,12)13)19-18-21-34(26(38)40-28(5,6)7)24(31)33-25(37)39-27(2,3)4/h22H,14-21H2,1-13H3,(H,32,36)(H2,31,33,37). The fourth-order valence-corrected chi connectivity index (χ4v) is 3.42. The highest BCUT2D eigenvalue weighted by Gasteiger charge is 2.35. The fourth-order valence-electron chi connectivity index (χ4n) is 3.42. The van der Waals surface area contributed by atoms with Crippen molar-refractivity contribution in [3.05, 3.63) is 0 Å². The highest BCUT2D eigenvalue weighted by molar-refractivity contribution is 5.99. The van der Waals surface area contributed by atoms with Crippen LogP contribution in [-0.4, -0.2) is 75.7 Å². The number of nitrogens with one attached hydrogen (secondary N) is 3. The van der Waals surface area contributed by atoms with Gasteiger partial charge in [-0.15, -0.1) is 0 Å². The number of hydroxylamine groups is 2. The third kappa shape index (κ3) is 19.6. The first-order chi connectivity index (χ1) is 18.9. The summed E-state index contributed by atoms with van der Waals surface area (Å²) in [6, 6.07) is -0.858. The molecule has 0 saturated heterocycles. The summed E-state index contributed by atoms with van der Waals surface area (Å²) in [6.07, 6.45) is 2.84. The average Bonchev–Trinajstić information content (AvgIpc) is 2.73. The summed E-state index contributed by atoms with van der Waals surface area (Å²) in [5, 5.41) is 15.0. The molecule has 1 atom stereocenters. The van der Waals surface area contributed by atoms with Crippen LogP contribution in [0.5, 0.6) is 0 Å². The van der Waals surface area contributed by atoms with Gasteiger partial charge in [-0.05, 0) is 102 Å². The van der Waals surface area contributed by atoms with Gasteiger partial charge in [0.15, 0.2) is 0 Å². The zero-order valence-electron chi connectivity index (χ0n) is 28.5. The molecule has 0 aliphatic heterocycles. The number of nitrogens with zero attached hydrogens (tertiary/aromatic N) is 2. The largest absolute Gasteiger partial charge is 0.444 e. The molecule has 0 fully saturated rings. The van der Waals surface area contributed by atoms with Crippen LogP contribution >= 0.6 is 0 Å². The first-order valence-corrected chi connectivity index (χ1v) is 15.0. The molecule has 0 rings (SSSR count). The third-order valence-electron chi connectivity index (χ3n) is 4.98. The Balaban J connectivity index is 5.96. The van der Waals surface area contributed by atoms with Gasteiger partial charge in [0.1, 0.15) is 17.2 Å². The van der Waals surface area contributed by atoms with Gasteiger partial charge < -0.3 is 14.8 Å². The maximum absolute atomic E-state index is 13.5. The SMILES string of the molecule is CCCCCCNC(=O)C(CCCN(C(=N)NC(=O)OC(C)(C)C)C(=O)OC(C)(C)C)N(OC(C)(C)C)OC(C)(C)C. The maximum Gasteiger partial charge on any atom is 0.417 e. The van der Waals surface area contributed by atoms with E-state index in [1.165, 1.54) is 5.23 Å². The Labute approximate surface area is 253 Å². The van der Waals surface area contributed by atoms with Gasteiger partial charge in [-0.1, -0.05) is 31.4 Å². The number of hydrogen-bond donors (Lipinski definition) is 3. The highest BCUT2D eigenvalue weighted by atomic mass is 17.0. The van der Waals surface area contributed by atoms with Gasteiger partial charge in [-0.25, -0.2) is 14.5 Å². The summed E-state index contributed by atoms with van der Waals surface area (Å²) in [5.41, 5.74) is -2.94. The Morgan fingerprint density at radius 2 is 1.26 bits per heavy atom. The first kappa shape index (κ1) is 39.6. The summed E-state index contributed by atoms with van der Waals surface area (Å²) < 4.78 is 10.7. The van der Waals surface area contributed by atoms with Crippen molar-refractivity contribution in [1.29, 1.82) is 5.41 Å². The van der Waals surface area contributed by atoms with Gasteiger partial charge in [0.05, 0.1) is 11.2 Å². The molecule has 0 aliphatic carbocycles. The normalized spacial score (nSPS) is 13.4. The molecule has 12 nitrogen and oxygen atoms in total. The van der Waals surface area contributed by atoms with Gasteiger partial charge in [0.25, 0.3) is 0 Å². The number of amides is 3. The Morgan fingerprint density at radius 3 is 1.71 bits per heavy atom. The van der Waals surface area contributed by atoms with E-state index in [1.807, 2.05) is 41.5 Å². The predicted molar refractivity (Wildman–Crippen MR) is 164 cm³/mol. The first-order valence-electron chi connectivity index (χ1n) is 15.0. The molecule has 0 aliphatic rings. The second-order valence-corrected chi connectivity index (χ2v) is 14.3. The minimum atomic E-state index is -0.871. The van der Waals surface area contributed by atoms with Gasteiger partial charge in [-0.2, -0.15) is 0 Å². The van der Waals surface area contributed by atoms with E-state index in [9.17, 15) is 14.4 Å². The molecule has 0 spiro atoms. The van der Waals surface area contributed by atoms with Crippen LogP contribution in [0.15, 0.2) is 0 Å². The number of unbranched alkanes of at least 4 members (excludes halogenated alkanes) is 3. The third-order valence-corrected chi connectivity index (χ3v) is 4.98. The van der Waals surface area contributed by atoms with Crippen molar-refractivity contribution in [2.45, 2.75) is 157 Å². The summed E-state index contributed by atoms with van der Waals surface area (Å²) in [4.78, 5) is 52.0. The Bertz CT molecular complexity index is 851. The molecule has 0 heterocycles. The van der Waals surface area contributed by atoms with Crippen LogP contribution in [-0.2, 0) is 23.9 Å². The van der Waals surface area contributed by atoms with E-state index in [0.29, 0.717) is 6.54 Å². The molecule has 0 saturated carbocycles. The fraction of sp³-hybridized carbons (Fsp3) is 0.867. The minimum absolute atomic E-state index is 0.0251. The monoisotopic (exact) mass is 601 g/mol. The second-order valence-electron chi connectivity index (χ2n) is 14.3. The van der Waals surface area contributed by atoms with Crippen LogP contribution in [0, 0.1) is 5.41 Å². The lowest BCUT2D eigenvalue weighted by Crippen LogP contribution is -2.52. The lowest BCUT2D eigenvalue weighted by molar-refractivity contribution is -0.440. The molecule has 0 bridgehead atoms. The van der Waals surface area contributed by atoms with E-state index in [-0.39, 0.29) is 25.3 Å². The molecule has 246 valence electrons. The molecular formula is C30H59N5O7. The highest BCUT2D eigenvalue weighted by Crippen LogP contribution is 2.22. The number of rotatable bonds is 13. The zero-order chi connectivity index (χ0) is 32.9. The molecule has 12 heteroatoms. The maximum atomic E-state index is 13.5. The number of alkyl carbamates (subject to hydrolysis) is 1. The summed E-state index contributed by atoms with van der Waals surface area (Å²) in [6.45, 7) is 24.0. The molecule has 3 amide bonds. The molecular weight excluding hydrogens is 542 g/mol. The number of carbonyl (C=O) groups excluding carboxylic acids is 3. The van der Waals surface area contributed by atoms with Gasteiger partial charge in [-0.3, -0.25) is 25.2 Å². The molecule has 1 unspecified atom stereocenters. The average molecular weight is 602 g/mol. The minimum Gasteiger partial charge on any atom is -0.444 e. The van der Waals surface area contributed by atoms with E-state index in [4.69, 9.17) is 24.6 Å². The van der Waals surface area contributed by atoms with Crippen molar-refractivity contribution in [2.24, 2.45) is 0 Å². The zero-order valence-corrected chi connectivity index (χ0v) is 28.5. The summed E-state index contributed by atoms with van der Waals surface area (Å²) in [5.74, 6) is -0.769. The number of carbonyl (C=O) groups is 3. The van der Waals surface area contributed by atoms with Crippen LogP contribution in [0.25, 0.3) is 0 Å². The van der Waals surface area contributed by atoms with Crippen molar-refractivity contribution < 1.29 is 33.5 Å². The van der Waals surface area contributed by atoms with Crippen molar-refractivity contribution in [2.75, 3.05) is 13.1 Å². The molecule has 0 aromatic carbocycles. The van der Waals surface area contributed by atoms with Gasteiger partial charge in [0, 0.05) is 13.1 Å². The van der Waals surface area contributed by atoms with Crippen molar-refractivity contribution in [3.63, 3.8) is 0 Å². The van der Waals surface area contributed by atoms with Crippen molar-refractivity contribution in [1.82, 2.24) is 20.8 Å². The van der Waals surface area contributed by atoms with E-state index >= 15 is 0 Å². The Kier molecular flexibility index (Phi) is 16.0. The predicted octanol–water partition coefficient (Wildman–Crippen LogP) is 6.29. The van der Waals surface area contributed by atoms with E-state index in [1.54, 1.807) is 41.5 Å². The smallest absolute Gasteiger partial charge is 0.417 e. The van der Waals surface area contributed by atoms with Crippen LogP contribution in [0.4, 0.5) is 9.59 Å². The summed E-state index contributed by atoms with van der Waals surface area (Å²) in [7, 11) is 0. The lowest BCUT2D eigenvalue weighted by Gasteiger charge is -2.37. The lowest BCUT2D eigenvalue weighted by atomic mass is 10.1. The van der Waals surface area contributed by atoms with Crippen molar-refractivity contribution in [3.8, 4) is 0 Å².